The number of carbonyl (C=O) groups excluding carboxylic acids is 1. The summed E-state index contributed by atoms with van der Waals surface area (Å²) in [6.07, 6.45) is 0. The lowest BCUT2D eigenvalue weighted by Gasteiger charge is -2.13. The Labute approximate surface area is 191 Å². The minimum atomic E-state index is -0.525. The molecular weight excluding hydrogens is 478 g/mol. The van der Waals surface area contributed by atoms with Crippen molar-refractivity contribution in [2.45, 2.75) is 17.3 Å². The van der Waals surface area contributed by atoms with E-state index in [4.69, 9.17) is 51.1 Å². The van der Waals surface area contributed by atoms with Gasteiger partial charge >= 0.3 is 0 Å². The average molecular weight is 492 g/mol. The third-order valence-electron chi connectivity index (χ3n) is 3.79. The van der Waals surface area contributed by atoms with Crippen LogP contribution < -0.4 is 10.1 Å². The summed E-state index contributed by atoms with van der Waals surface area (Å²) in [5.74, 6) is 0.760. The maximum Gasteiger partial charge on any atom is 0.237 e. The summed E-state index contributed by atoms with van der Waals surface area (Å²) in [7, 11) is 1.55. The van der Waals surface area contributed by atoms with Gasteiger partial charge in [-0.05, 0) is 37.3 Å². The summed E-state index contributed by atoms with van der Waals surface area (Å²) in [4.78, 5) is 17.0. The first-order valence-electron chi connectivity index (χ1n) is 8.17. The number of halogens is 4. The number of ether oxygens (including phenoxy) is 1. The molecule has 1 amide bonds. The number of H-pyrrole nitrogens is 1. The number of amides is 1. The molecule has 152 valence electrons. The molecule has 0 radical (unpaired) electrons. The molecule has 29 heavy (non-hydrogen) atoms. The van der Waals surface area contributed by atoms with Crippen LogP contribution in [-0.4, -0.2) is 33.4 Å². The summed E-state index contributed by atoms with van der Waals surface area (Å²) < 4.78 is 5.33. The molecule has 3 aromatic rings. The highest BCUT2D eigenvalue weighted by molar-refractivity contribution is 8.00. The van der Waals surface area contributed by atoms with Crippen molar-refractivity contribution in [3.8, 4) is 17.1 Å². The van der Waals surface area contributed by atoms with Gasteiger partial charge < -0.3 is 10.1 Å². The monoisotopic (exact) mass is 490 g/mol. The zero-order chi connectivity index (χ0) is 21.1. The predicted molar refractivity (Wildman–Crippen MR) is 119 cm³/mol. The van der Waals surface area contributed by atoms with Crippen LogP contribution in [0.1, 0.15) is 6.92 Å². The van der Waals surface area contributed by atoms with Crippen molar-refractivity contribution in [2.24, 2.45) is 0 Å². The largest absolute Gasteiger partial charge is 0.496 e. The van der Waals surface area contributed by atoms with Gasteiger partial charge in [-0.2, -0.15) is 0 Å². The van der Waals surface area contributed by atoms with Gasteiger partial charge in [-0.1, -0.05) is 58.2 Å². The number of aromatic nitrogens is 3. The number of methoxy groups -OCH3 is 1. The highest BCUT2D eigenvalue weighted by Gasteiger charge is 2.20. The van der Waals surface area contributed by atoms with E-state index in [0.29, 0.717) is 38.0 Å². The first-order chi connectivity index (χ1) is 13.8. The zero-order valence-corrected chi connectivity index (χ0v) is 18.9. The molecule has 0 spiro atoms. The summed E-state index contributed by atoms with van der Waals surface area (Å²) >= 11 is 25.3. The second-order valence-corrected chi connectivity index (χ2v) is 8.80. The number of nitrogens with zero attached hydrogens (tertiary/aromatic N) is 2. The standard InChI is InChI=1S/C18H14Cl4N4O2S/c1-8(17(27)23-15-12(21)6-10(20)7-13(15)22)29-18-24-16(25-26-18)11-5-9(19)3-4-14(11)28-2/h3-8H,1-2H3,(H,23,27)(H,24,25,26). The van der Waals surface area contributed by atoms with E-state index in [9.17, 15) is 4.79 Å². The molecule has 0 aliphatic rings. The van der Waals surface area contributed by atoms with Gasteiger partial charge in [0.2, 0.25) is 11.1 Å². The highest BCUT2D eigenvalue weighted by atomic mass is 35.5. The topological polar surface area (TPSA) is 79.9 Å². The fraction of sp³-hybridized carbons (Fsp3) is 0.167. The molecule has 3 rings (SSSR count). The van der Waals surface area contributed by atoms with Crippen LogP contribution in [0.3, 0.4) is 0 Å². The van der Waals surface area contributed by atoms with Gasteiger partial charge in [0.25, 0.3) is 0 Å². The molecule has 1 aromatic heterocycles. The first kappa shape index (κ1) is 22.1. The van der Waals surface area contributed by atoms with Crippen LogP contribution in [0.2, 0.25) is 20.1 Å². The first-order valence-corrected chi connectivity index (χ1v) is 10.6. The van der Waals surface area contributed by atoms with E-state index in [0.717, 1.165) is 0 Å². The number of hydrogen-bond donors (Lipinski definition) is 2. The van der Waals surface area contributed by atoms with Crippen LogP contribution >= 0.6 is 58.2 Å². The number of aromatic amines is 1. The Hall–Kier alpha value is -1.64. The number of benzene rings is 2. The SMILES string of the molecule is COc1ccc(Cl)cc1-c1nc(SC(C)C(=O)Nc2c(Cl)cc(Cl)cc2Cl)n[nH]1. The van der Waals surface area contributed by atoms with Gasteiger partial charge in [0.1, 0.15) is 5.75 Å². The van der Waals surface area contributed by atoms with E-state index in [1.54, 1.807) is 32.2 Å². The minimum Gasteiger partial charge on any atom is -0.496 e. The number of rotatable bonds is 6. The fourth-order valence-electron chi connectivity index (χ4n) is 2.38. The highest BCUT2D eigenvalue weighted by Crippen LogP contribution is 2.35. The number of hydrogen-bond acceptors (Lipinski definition) is 5. The van der Waals surface area contributed by atoms with E-state index in [1.807, 2.05) is 0 Å². The van der Waals surface area contributed by atoms with Gasteiger partial charge in [0.05, 0.1) is 33.7 Å². The quantitative estimate of drug-likeness (QED) is 0.400. The van der Waals surface area contributed by atoms with Crippen LogP contribution in [-0.2, 0) is 4.79 Å². The fourth-order valence-corrected chi connectivity index (χ4v) is 4.19. The maximum atomic E-state index is 12.5. The molecule has 0 aliphatic carbocycles. The predicted octanol–water partition coefficient (Wildman–Crippen LogP) is 6.21. The van der Waals surface area contributed by atoms with Crippen molar-refractivity contribution in [1.29, 1.82) is 0 Å². The van der Waals surface area contributed by atoms with E-state index in [2.05, 4.69) is 20.5 Å². The molecule has 1 unspecified atom stereocenters. The van der Waals surface area contributed by atoms with Crippen molar-refractivity contribution < 1.29 is 9.53 Å². The van der Waals surface area contributed by atoms with Gasteiger partial charge in [-0.3, -0.25) is 9.89 Å². The molecule has 0 aliphatic heterocycles. The Morgan fingerprint density at radius 3 is 2.48 bits per heavy atom. The Kier molecular flexibility index (Phi) is 7.19. The van der Waals surface area contributed by atoms with Crippen molar-refractivity contribution in [2.75, 3.05) is 12.4 Å². The lowest BCUT2D eigenvalue weighted by atomic mass is 10.2. The smallest absolute Gasteiger partial charge is 0.237 e. The van der Waals surface area contributed by atoms with E-state index >= 15 is 0 Å². The van der Waals surface area contributed by atoms with E-state index in [1.165, 1.54) is 23.9 Å². The van der Waals surface area contributed by atoms with Crippen LogP contribution in [0.15, 0.2) is 35.5 Å². The average Bonchev–Trinajstić information content (AvgIpc) is 3.12. The molecule has 1 atom stereocenters. The molecular formula is C18H14Cl4N4O2S. The number of anilines is 1. The molecule has 2 N–H and O–H groups in total. The zero-order valence-electron chi connectivity index (χ0n) is 15.1. The van der Waals surface area contributed by atoms with Gasteiger partial charge in [-0.15, -0.1) is 5.10 Å². The molecule has 0 saturated carbocycles. The van der Waals surface area contributed by atoms with Gasteiger partial charge in [0, 0.05) is 10.0 Å². The lowest BCUT2D eigenvalue weighted by Crippen LogP contribution is -2.23. The summed E-state index contributed by atoms with van der Waals surface area (Å²) in [6, 6.07) is 8.18. The number of thioether (sulfide) groups is 1. The summed E-state index contributed by atoms with van der Waals surface area (Å²) in [6.45, 7) is 1.72. The Bertz CT molecular complexity index is 1040. The molecule has 0 bridgehead atoms. The number of carbonyl (C=O) groups is 1. The molecule has 11 heteroatoms. The van der Waals surface area contributed by atoms with E-state index < -0.39 is 5.25 Å². The van der Waals surface area contributed by atoms with Gasteiger partial charge in [0.15, 0.2) is 5.82 Å². The van der Waals surface area contributed by atoms with Crippen molar-refractivity contribution >= 4 is 69.8 Å². The maximum absolute atomic E-state index is 12.5. The summed E-state index contributed by atoms with van der Waals surface area (Å²) in [5, 5.41) is 11.0. The minimum absolute atomic E-state index is 0.251. The van der Waals surface area contributed by atoms with Crippen molar-refractivity contribution in [3.05, 3.63) is 50.4 Å². The molecule has 2 aromatic carbocycles. The normalized spacial score (nSPS) is 11.9. The Morgan fingerprint density at radius 1 is 1.14 bits per heavy atom. The van der Waals surface area contributed by atoms with Gasteiger partial charge in [-0.25, -0.2) is 4.98 Å². The van der Waals surface area contributed by atoms with Crippen LogP contribution in [0.5, 0.6) is 5.75 Å². The Morgan fingerprint density at radius 2 is 1.83 bits per heavy atom. The third-order valence-corrected chi connectivity index (χ3v) is 5.80. The lowest BCUT2D eigenvalue weighted by molar-refractivity contribution is -0.115. The van der Waals surface area contributed by atoms with Crippen LogP contribution in [0.4, 0.5) is 5.69 Å². The van der Waals surface area contributed by atoms with Crippen molar-refractivity contribution in [3.63, 3.8) is 0 Å². The van der Waals surface area contributed by atoms with E-state index in [-0.39, 0.29) is 16.0 Å². The van der Waals surface area contributed by atoms with Crippen LogP contribution in [0, 0.1) is 0 Å². The second kappa shape index (κ2) is 9.45. The second-order valence-electron chi connectivity index (χ2n) is 5.80. The molecule has 0 saturated heterocycles. The molecule has 0 fully saturated rings. The molecule has 6 nitrogen and oxygen atoms in total. The third kappa shape index (κ3) is 5.29. The van der Waals surface area contributed by atoms with Crippen LogP contribution in [0.25, 0.3) is 11.4 Å². The van der Waals surface area contributed by atoms with Crippen molar-refractivity contribution in [1.82, 2.24) is 15.2 Å². The number of nitrogens with one attached hydrogen (secondary N) is 2. The summed E-state index contributed by atoms with van der Waals surface area (Å²) in [5.41, 5.74) is 0.964. The molecule has 1 heterocycles. The Balaban J connectivity index is 1.73.